The molecule has 0 heterocycles. The van der Waals surface area contributed by atoms with E-state index < -0.39 is 28.5 Å². The molecule has 10 heteroatoms. The molecule has 1 fully saturated rings. The lowest BCUT2D eigenvalue weighted by Crippen LogP contribution is -2.54. The van der Waals surface area contributed by atoms with E-state index in [-0.39, 0.29) is 23.4 Å². The molecule has 3 aromatic rings. The van der Waals surface area contributed by atoms with Gasteiger partial charge in [-0.2, -0.15) is 0 Å². The van der Waals surface area contributed by atoms with Gasteiger partial charge in [-0.05, 0) is 85.8 Å². The maximum absolute atomic E-state index is 14.2. The molecule has 224 valence electrons. The van der Waals surface area contributed by atoms with Gasteiger partial charge in [-0.25, -0.2) is 8.42 Å². The van der Waals surface area contributed by atoms with Gasteiger partial charge in [-0.3, -0.25) is 13.9 Å². The minimum atomic E-state index is -4.16. The molecule has 2 amide bonds. The van der Waals surface area contributed by atoms with Gasteiger partial charge >= 0.3 is 0 Å². The number of nitrogens with one attached hydrogen (secondary N) is 1. The maximum Gasteiger partial charge on any atom is 0.264 e. The summed E-state index contributed by atoms with van der Waals surface area (Å²) >= 11 is 12.1. The SMILES string of the molecule is CCC(C(=O)NC1CCCCC1)N(Cc1ccc(Cl)cc1)C(=O)CN(c1cccc(C)c1)S(=O)(=O)c1ccc(Cl)cc1. The van der Waals surface area contributed by atoms with Crippen LogP contribution in [0.1, 0.15) is 56.6 Å². The van der Waals surface area contributed by atoms with Gasteiger partial charge in [0.15, 0.2) is 0 Å². The van der Waals surface area contributed by atoms with Crippen LogP contribution >= 0.6 is 23.2 Å². The summed E-state index contributed by atoms with van der Waals surface area (Å²) in [6.45, 7) is 3.34. The van der Waals surface area contributed by atoms with Crippen LogP contribution in [-0.4, -0.2) is 43.8 Å². The first-order valence-electron chi connectivity index (χ1n) is 14.3. The molecule has 4 rings (SSSR count). The average molecular weight is 631 g/mol. The van der Waals surface area contributed by atoms with Gasteiger partial charge < -0.3 is 10.2 Å². The second-order valence-electron chi connectivity index (χ2n) is 10.7. The average Bonchev–Trinajstić information content (AvgIpc) is 2.97. The number of hydrogen-bond donors (Lipinski definition) is 1. The number of aryl methyl sites for hydroxylation is 1. The van der Waals surface area contributed by atoms with Crippen molar-refractivity contribution in [3.05, 3.63) is 94.0 Å². The zero-order valence-corrected chi connectivity index (χ0v) is 26.3. The van der Waals surface area contributed by atoms with Crippen LogP contribution in [0.15, 0.2) is 77.7 Å². The van der Waals surface area contributed by atoms with Gasteiger partial charge in [0.25, 0.3) is 10.0 Å². The highest BCUT2D eigenvalue weighted by atomic mass is 35.5. The minimum Gasteiger partial charge on any atom is -0.352 e. The molecule has 0 saturated heterocycles. The summed E-state index contributed by atoms with van der Waals surface area (Å²) < 4.78 is 29.0. The van der Waals surface area contributed by atoms with Crippen LogP contribution in [0.2, 0.25) is 10.0 Å². The lowest BCUT2D eigenvalue weighted by Gasteiger charge is -2.34. The monoisotopic (exact) mass is 629 g/mol. The lowest BCUT2D eigenvalue weighted by molar-refractivity contribution is -0.140. The third kappa shape index (κ3) is 8.06. The van der Waals surface area contributed by atoms with Crippen LogP contribution in [0, 0.1) is 6.92 Å². The van der Waals surface area contributed by atoms with Crippen LogP contribution in [0.25, 0.3) is 0 Å². The Labute approximate surface area is 258 Å². The fourth-order valence-electron chi connectivity index (χ4n) is 5.30. The van der Waals surface area contributed by atoms with Crippen LogP contribution in [0.4, 0.5) is 5.69 Å². The Morgan fingerprint density at radius 2 is 1.55 bits per heavy atom. The van der Waals surface area contributed by atoms with Crippen molar-refractivity contribution in [2.45, 2.75) is 75.9 Å². The summed E-state index contributed by atoms with van der Waals surface area (Å²) in [5, 5.41) is 4.11. The zero-order valence-electron chi connectivity index (χ0n) is 23.9. The van der Waals surface area contributed by atoms with Crippen molar-refractivity contribution < 1.29 is 18.0 Å². The number of sulfonamides is 1. The van der Waals surface area contributed by atoms with Crippen molar-refractivity contribution >= 4 is 50.7 Å². The van der Waals surface area contributed by atoms with E-state index in [1.165, 1.54) is 29.2 Å². The number of amides is 2. The van der Waals surface area contributed by atoms with Crippen molar-refractivity contribution in [2.24, 2.45) is 0 Å². The van der Waals surface area contributed by atoms with Crippen molar-refractivity contribution in [1.82, 2.24) is 10.2 Å². The number of anilines is 1. The van der Waals surface area contributed by atoms with E-state index >= 15 is 0 Å². The molecule has 1 saturated carbocycles. The molecule has 0 bridgehead atoms. The highest BCUT2D eigenvalue weighted by Crippen LogP contribution is 2.27. The summed E-state index contributed by atoms with van der Waals surface area (Å²) in [6.07, 6.45) is 5.46. The summed E-state index contributed by atoms with van der Waals surface area (Å²) in [6, 6.07) is 19.2. The third-order valence-electron chi connectivity index (χ3n) is 7.57. The molecule has 1 atom stereocenters. The van der Waals surface area contributed by atoms with Gasteiger partial charge in [0.05, 0.1) is 10.6 Å². The van der Waals surface area contributed by atoms with E-state index in [9.17, 15) is 18.0 Å². The fraction of sp³-hybridized carbons (Fsp3) is 0.375. The molecule has 0 aromatic heterocycles. The van der Waals surface area contributed by atoms with Crippen molar-refractivity contribution in [3.63, 3.8) is 0 Å². The van der Waals surface area contributed by atoms with Gasteiger partial charge in [-0.15, -0.1) is 0 Å². The number of nitrogens with zero attached hydrogens (tertiary/aromatic N) is 2. The molecule has 1 aliphatic rings. The summed E-state index contributed by atoms with van der Waals surface area (Å²) in [5.74, 6) is -0.719. The zero-order chi connectivity index (χ0) is 30.3. The first-order valence-corrected chi connectivity index (χ1v) is 16.5. The first kappa shape index (κ1) is 31.9. The lowest BCUT2D eigenvalue weighted by atomic mass is 9.95. The van der Waals surface area contributed by atoms with Gasteiger partial charge in [0, 0.05) is 22.6 Å². The van der Waals surface area contributed by atoms with E-state index in [2.05, 4.69) is 5.32 Å². The molecule has 0 aliphatic heterocycles. The Bertz CT molecular complexity index is 1470. The highest BCUT2D eigenvalue weighted by Gasteiger charge is 2.34. The van der Waals surface area contributed by atoms with Crippen LogP contribution < -0.4 is 9.62 Å². The second kappa shape index (κ2) is 14.4. The molecule has 0 spiro atoms. The molecule has 1 unspecified atom stereocenters. The number of benzene rings is 3. The molecule has 42 heavy (non-hydrogen) atoms. The topological polar surface area (TPSA) is 86.8 Å². The molecular weight excluding hydrogens is 593 g/mol. The fourth-order valence-corrected chi connectivity index (χ4v) is 6.95. The largest absolute Gasteiger partial charge is 0.352 e. The van der Waals surface area contributed by atoms with Gasteiger partial charge in [0.2, 0.25) is 11.8 Å². The third-order valence-corrected chi connectivity index (χ3v) is 9.87. The predicted octanol–water partition coefficient (Wildman–Crippen LogP) is 6.75. The number of carbonyl (C=O) groups excluding carboxylic acids is 2. The summed E-state index contributed by atoms with van der Waals surface area (Å²) in [5.41, 5.74) is 1.97. The number of hydrogen-bond acceptors (Lipinski definition) is 4. The highest BCUT2D eigenvalue weighted by molar-refractivity contribution is 7.92. The van der Waals surface area contributed by atoms with Crippen LogP contribution in [0.5, 0.6) is 0 Å². The van der Waals surface area contributed by atoms with E-state index in [0.29, 0.717) is 22.2 Å². The van der Waals surface area contributed by atoms with E-state index in [0.717, 1.165) is 47.5 Å². The molecule has 1 N–H and O–H groups in total. The smallest absolute Gasteiger partial charge is 0.264 e. The van der Waals surface area contributed by atoms with Crippen molar-refractivity contribution in [3.8, 4) is 0 Å². The summed E-state index contributed by atoms with van der Waals surface area (Å²) in [7, 11) is -4.16. The predicted molar refractivity (Wildman–Crippen MR) is 168 cm³/mol. The Morgan fingerprint density at radius 3 is 2.14 bits per heavy atom. The van der Waals surface area contributed by atoms with E-state index in [1.807, 2.05) is 19.9 Å². The van der Waals surface area contributed by atoms with Crippen molar-refractivity contribution in [2.75, 3.05) is 10.8 Å². The number of rotatable bonds is 11. The van der Waals surface area contributed by atoms with Gasteiger partial charge in [-0.1, -0.05) is 73.7 Å². The Hall–Kier alpha value is -3.07. The van der Waals surface area contributed by atoms with E-state index in [1.54, 1.807) is 42.5 Å². The Kier molecular flexibility index (Phi) is 10.9. The van der Waals surface area contributed by atoms with Crippen LogP contribution in [-0.2, 0) is 26.2 Å². The Balaban J connectivity index is 1.70. The molecule has 7 nitrogen and oxygen atoms in total. The molecule has 3 aromatic carbocycles. The van der Waals surface area contributed by atoms with Gasteiger partial charge in [0.1, 0.15) is 12.6 Å². The second-order valence-corrected chi connectivity index (χ2v) is 13.5. The quantitative estimate of drug-likeness (QED) is 0.254. The molecule has 0 radical (unpaired) electrons. The standard InChI is InChI=1S/C32H37Cl2N3O4S/c1-3-30(32(39)35-27-9-5-4-6-10-27)36(21-24-12-14-25(33)15-13-24)31(38)22-37(28-11-7-8-23(2)20-28)42(40,41)29-18-16-26(34)17-19-29/h7-8,11-20,27,30H,3-6,9-10,21-22H2,1-2H3,(H,35,39). The summed E-state index contributed by atoms with van der Waals surface area (Å²) in [4.78, 5) is 29.3. The molecular formula is C32H37Cl2N3O4S. The van der Waals surface area contributed by atoms with Crippen LogP contribution in [0.3, 0.4) is 0 Å². The number of carbonyl (C=O) groups is 2. The Morgan fingerprint density at radius 1 is 0.929 bits per heavy atom. The van der Waals surface area contributed by atoms with Crippen molar-refractivity contribution in [1.29, 1.82) is 0 Å². The molecule has 1 aliphatic carbocycles. The number of halogens is 2. The van der Waals surface area contributed by atoms with E-state index in [4.69, 9.17) is 23.2 Å². The minimum absolute atomic E-state index is 0.00698. The maximum atomic E-state index is 14.2. The first-order chi connectivity index (χ1) is 20.1. The normalized spacial score (nSPS) is 14.7.